The number of carbonyl (C=O) groups is 3. The van der Waals surface area contributed by atoms with Gasteiger partial charge in [0.25, 0.3) is 0 Å². The van der Waals surface area contributed by atoms with Crippen LogP contribution in [-0.4, -0.2) is 54.1 Å². The van der Waals surface area contributed by atoms with Gasteiger partial charge in [-0.15, -0.1) is 0 Å². The Morgan fingerprint density at radius 2 is 1.11 bits per heavy atom. The highest BCUT2D eigenvalue weighted by atomic mass is 16.4. The molecule has 0 unspecified atom stereocenters. The molecule has 190 valence electrons. The maximum Gasteiger partial charge on any atom is 0.305 e. The molecule has 2 aromatic rings. The van der Waals surface area contributed by atoms with Crippen LogP contribution in [0.3, 0.4) is 0 Å². The Kier molecular flexibility index (Phi) is 9.45. The first kappa shape index (κ1) is 26.7. The van der Waals surface area contributed by atoms with E-state index in [9.17, 15) is 14.4 Å². The van der Waals surface area contributed by atoms with Gasteiger partial charge in [0, 0.05) is 48.7 Å². The van der Waals surface area contributed by atoms with Gasteiger partial charge in [-0.25, -0.2) is 0 Å². The van der Waals surface area contributed by atoms with E-state index in [2.05, 4.69) is 43.0 Å². The average molecular weight is 491 g/mol. The minimum Gasteiger partial charge on any atom is -0.481 e. The summed E-state index contributed by atoms with van der Waals surface area (Å²) in [5.74, 6) is -1.79. The smallest absolute Gasteiger partial charge is 0.305 e. The second-order valence-electron chi connectivity index (χ2n) is 8.80. The first-order valence-corrected chi connectivity index (χ1v) is 12.4. The van der Waals surface area contributed by atoms with Gasteiger partial charge in [0.1, 0.15) is 0 Å². The van der Waals surface area contributed by atoms with Crippen LogP contribution in [0.4, 0.5) is 11.4 Å². The Morgan fingerprint density at radius 3 is 1.47 bits per heavy atom. The van der Waals surface area contributed by atoms with Crippen LogP contribution >= 0.6 is 0 Å². The van der Waals surface area contributed by atoms with Gasteiger partial charge in [-0.2, -0.15) is 0 Å². The first-order valence-electron chi connectivity index (χ1n) is 12.4. The normalized spacial score (nSPS) is 15.4. The highest BCUT2D eigenvalue weighted by Gasteiger charge is 2.23. The van der Waals surface area contributed by atoms with Crippen molar-refractivity contribution in [1.29, 1.82) is 0 Å². The lowest BCUT2D eigenvalue weighted by Gasteiger charge is -2.23. The van der Waals surface area contributed by atoms with Crippen molar-refractivity contribution < 1.29 is 24.6 Å². The zero-order valence-corrected chi connectivity index (χ0v) is 20.9. The molecule has 36 heavy (non-hydrogen) atoms. The van der Waals surface area contributed by atoms with Crippen molar-refractivity contribution in [3.8, 4) is 0 Å². The maximum absolute atomic E-state index is 13.0. The van der Waals surface area contributed by atoms with E-state index in [0.29, 0.717) is 12.8 Å². The second kappa shape index (κ2) is 12.7. The van der Waals surface area contributed by atoms with Crippen LogP contribution in [-0.2, 0) is 14.4 Å². The van der Waals surface area contributed by atoms with Crippen molar-refractivity contribution in [3.63, 3.8) is 0 Å². The number of carboxylic acids is 2. The quantitative estimate of drug-likeness (QED) is 0.399. The predicted octanol–water partition coefficient (Wildman–Crippen LogP) is 5.12. The Morgan fingerprint density at radius 1 is 0.722 bits per heavy atom. The maximum atomic E-state index is 13.0. The average Bonchev–Trinajstić information content (AvgIpc) is 3.20. The van der Waals surface area contributed by atoms with Gasteiger partial charge in [0.15, 0.2) is 5.78 Å². The SMILES string of the molecule is CCN(CC)c1ccc(/C=C2\CC/C(=C/c3ccc(N(CCC(=O)O)CCC(=O)O)cc3)C2=O)cc1. The highest BCUT2D eigenvalue weighted by Crippen LogP contribution is 2.30. The molecule has 7 heteroatoms. The largest absolute Gasteiger partial charge is 0.481 e. The van der Waals surface area contributed by atoms with Gasteiger partial charge >= 0.3 is 11.9 Å². The molecule has 0 spiro atoms. The monoisotopic (exact) mass is 490 g/mol. The number of carboxylic acid groups (broad SMARTS) is 2. The number of anilines is 2. The summed E-state index contributed by atoms with van der Waals surface area (Å²) in [7, 11) is 0. The van der Waals surface area contributed by atoms with Crippen LogP contribution in [0.15, 0.2) is 59.7 Å². The number of hydrogen-bond acceptors (Lipinski definition) is 5. The fourth-order valence-electron chi connectivity index (χ4n) is 4.36. The number of benzene rings is 2. The zero-order chi connectivity index (χ0) is 26.1. The fourth-order valence-corrected chi connectivity index (χ4v) is 4.36. The van der Waals surface area contributed by atoms with Crippen molar-refractivity contribution >= 4 is 41.2 Å². The van der Waals surface area contributed by atoms with Crippen LogP contribution in [0.1, 0.15) is 50.7 Å². The van der Waals surface area contributed by atoms with Gasteiger partial charge in [0.2, 0.25) is 0 Å². The van der Waals surface area contributed by atoms with E-state index in [4.69, 9.17) is 10.2 Å². The van der Waals surface area contributed by atoms with Gasteiger partial charge < -0.3 is 20.0 Å². The van der Waals surface area contributed by atoms with E-state index < -0.39 is 11.9 Å². The van der Waals surface area contributed by atoms with E-state index in [1.54, 1.807) is 4.90 Å². The van der Waals surface area contributed by atoms with Crippen molar-refractivity contribution in [2.45, 2.75) is 39.5 Å². The van der Waals surface area contributed by atoms with Crippen molar-refractivity contribution in [1.82, 2.24) is 0 Å². The standard InChI is InChI=1S/C29H34N2O5/c1-3-30(4-2)25-11-5-21(6-12-25)19-23-9-10-24(29(23)36)20-22-7-13-26(14-8-22)31(17-15-27(32)33)18-16-28(34)35/h5-8,11-14,19-20H,3-4,9-10,15-18H2,1-2H3,(H,32,33)(H,34,35)/b23-19+,24-20-. The van der Waals surface area contributed by atoms with Gasteiger partial charge in [-0.3, -0.25) is 14.4 Å². The summed E-state index contributed by atoms with van der Waals surface area (Å²) in [4.78, 5) is 39.0. The Balaban J connectivity index is 1.70. The molecule has 0 amide bonds. The number of carbonyl (C=O) groups excluding carboxylic acids is 1. The molecule has 2 aromatic carbocycles. The van der Waals surface area contributed by atoms with E-state index in [-0.39, 0.29) is 31.7 Å². The molecule has 0 saturated heterocycles. The molecular formula is C29H34N2O5. The predicted molar refractivity (Wildman–Crippen MR) is 143 cm³/mol. The van der Waals surface area contributed by atoms with E-state index in [1.807, 2.05) is 36.4 Å². The third-order valence-corrected chi connectivity index (χ3v) is 6.40. The third-order valence-electron chi connectivity index (χ3n) is 6.40. The molecule has 0 atom stereocenters. The Bertz CT molecular complexity index is 1110. The van der Waals surface area contributed by atoms with Crippen LogP contribution in [0.5, 0.6) is 0 Å². The number of nitrogens with zero attached hydrogens (tertiary/aromatic N) is 2. The fraction of sp³-hybridized carbons (Fsp3) is 0.345. The van der Waals surface area contributed by atoms with E-state index in [0.717, 1.165) is 41.1 Å². The second-order valence-corrected chi connectivity index (χ2v) is 8.80. The lowest BCUT2D eigenvalue weighted by atomic mass is 10.1. The Hall–Kier alpha value is -3.87. The topological polar surface area (TPSA) is 98.2 Å². The summed E-state index contributed by atoms with van der Waals surface area (Å²) >= 11 is 0. The third kappa shape index (κ3) is 7.31. The molecule has 1 aliphatic rings. The molecule has 0 aromatic heterocycles. The molecule has 0 radical (unpaired) electrons. The van der Waals surface area contributed by atoms with E-state index in [1.165, 1.54) is 5.69 Å². The summed E-state index contributed by atoms with van der Waals surface area (Å²) in [6.07, 6.45) is 5.11. The number of Topliss-reactive ketones (excluding diaryl/α,β-unsaturated/α-hetero) is 1. The summed E-state index contributed by atoms with van der Waals surface area (Å²) in [5.41, 5.74) is 5.40. The molecule has 1 aliphatic carbocycles. The van der Waals surface area contributed by atoms with Crippen LogP contribution < -0.4 is 9.80 Å². The highest BCUT2D eigenvalue weighted by molar-refractivity contribution is 6.15. The van der Waals surface area contributed by atoms with Gasteiger partial charge in [-0.1, -0.05) is 24.3 Å². The zero-order valence-electron chi connectivity index (χ0n) is 20.9. The Labute approximate surface area is 212 Å². The lowest BCUT2D eigenvalue weighted by molar-refractivity contribution is -0.137. The summed E-state index contributed by atoms with van der Waals surface area (Å²) in [6, 6.07) is 15.7. The molecule has 0 heterocycles. The summed E-state index contributed by atoms with van der Waals surface area (Å²) < 4.78 is 0. The van der Waals surface area contributed by atoms with Crippen LogP contribution in [0, 0.1) is 0 Å². The number of hydrogen-bond donors (Lipinski definition) is 2. The minimum absolute atomic E-state index is 0.0661. The van der Waals surface area contributed by atoms with Gasteiger partial charge in [-0.05, 0) is 74.2 Å². The van der Waals surface area contributed by atoms with Crippen molar-refractivity contribution in [3.05, 3.63) is 70.8 Å². The first-order chi connectivity index (χ1) is 17.3. The minimum atomic E-state index is -0.930. The number of ketones is 1. The molecule has 3 rings (SSSR count). The molecule has 0 aliphatic heterocycles. The molecule has 0 bridgehead atoms. The number of allylic oxidation sites excluding steroid dienone is 2. The number of aliphatic carboxylic acids is 2. The summed E-state index contributed by atoms with van der Waals surface area (Å²) in [6.45, 7) is 6.62. The van der Waals surface area contributed by atoms with Crippen molar-refractivity contribution in [2.24, 2.45) is 0 Å². The molecule has 2 N–H and O–H groups in total. The van der Waals surface area contributed by atoms with Crippen molar-refractivity contribution in [2.75, 3.05) is 36.0 Å². The molecule has 1 saturated carbocycles. The lowest BCUT2D eigenvalue weighted by Crippen LogP contribution is -2.28. The molecular weight excluding hydrogens is 456 g/mol. The van der Waals surface area contributed by atoms with Crippen LogP contribution in [0.2, 0.25) is 0 Å². The van der Waals surface area contributed by atoms with Gasteiger partial charge in [0.05, 0.1) is 12.8 Å². The molecule has 1 fully saturated rings. The number of rotatable bonds is 12. The van der Waals surface area contributed by atoms with Crippen LogP contribution in [0.25, 0.3) is 12.2 Å². The van der Waals surface area contributed by atoms with E-state index >= 15 is 0 Å². The molecule has 7 nitrogen and oxygen atoms in total. The summed E-state index contributed by atoms with van der Waals surface area (Å²) in [5, 5.41) is 18.0.